The Morgan fingerprint density at radius 1 is 1.03 bits per heavy atom. The maximum absolute atomic E-state index is 12.6. The van der Waals surface area contributed by atoms with Crippen molar-refractivity contribution in [2.75, 3.05) is 11.4 Å². The fourth-order valence-corrected chi connectivity index (χ4v) is 4.15. The number of benzene rings is 1. The van der Waals surface area contributed by atoms with Crippen LogP contribution >= 0.6 is 0 Å². The lowest BCUT2D eigenvalue weighted by Crippen LogP contribution is -2.71. The Kier molecular flexibility index (Phi) is 4.81. The van der Waals surface area contributed by atoms with Crippen LogP contribution in [0.25, 0.3) is 0 Å². The van der Waals surface area contributed by atoms with E-state index in [0.29, 0.717) is 43.2 Å². The summed E-state index contributed by atoms with van der Waals surface area (Å²) in [6.07, 6.45) is 6.16. The molecular formula is C22H20N6O4. The molecule has 2 saturated heterocycles. The number of aromatic nitrogens is 3. The van der Waals surface area contributed by atoms with Gasteiger partial charge in [-0.15, -0.1) is 0 Å². The maximum atomic E-state index is 12.6. The molecule has 2 aliphatic rings. The van der Waals surface area contributed by atoms with E-state index in [1.807, 2.05) is 41.2 Å². The number of carbonyl (C=O) groups excluding carboxylic acids is 3. The number of hydrogen-bond acceptors (Lipinski definition) is 7. The largest absolute Gasteiger partial charge is 0.439 e. The first-order valence-electron chi connectivity index (χ1n) is 10.2. The standard InChI is InChI=1S/C22H20N6O4/c29-19-22(20(30)26-21(31)25-19)9-1-12-28(22)16-5-8-18(23-13-16)32-17-6-3-15(4-7-17)14-27-11-2-10-24-27/h2-8,10-11,13H,1,9,12,14H2,(H2,25,26,29,30,31). The van der Waals surface area contributed by atoms with E-state index in [2.05, 4.69) is 20.7 Å². The topological polar surface area (TPSA) is 118 Å². The van der Waals surface area contributed by atoms with E-state index in [0.717, 1.165) is 5.56 Å². The van der Waals surface area contributed by atoms with E-state index >= 15 is 0 Å². The average Bonchev–Trinajstić information content (AvgIpc) is 3.45. The zero-order chi connectivity index (χ0) is 22.1. The van der Waals surface area contributed by atoms with Crippen molar-refractivity contribution in [1.82, 2.24) is 25.4 Å². The Hall–Kier alpha value is -4.21. The molecule has 162 valence electrons. The quantitative estimate of drug-likeness (QED) is 0.591. The number of nitrogens with one attached hydrogen (secondary N) is 2. The van der Waals surface area contributed by atoms with Crippen LogP contribution in [-0.4, -0.2) is 44.7 Å². The number of carbonyl (C=O) groups is 3. The molecule has 10 heteroatoms. The summed E-state index contributed by atoms with van der Waals surface area (Å²) in [5.41, 5.74) is 0.248. The second-order valence-corrected chi connectivity index (χ2v) is 7.66. The molecule has 32 heavy (non-hydrogen) atoms. The molecule has 4 amide bonds. The lowest BCUT2D eigenvalue weighted by atomic mass is 9.92. The Labute approximate surface area is 183 Å². The molecular weight excluding hydrogens is 412 g/mol. The highest BCUT2D eigenvalue weighted by molar-refractivity contribution is 6.24. The van der Waals surface area contributed by atoms with Gasteiger partial charge in [0.25, 0.3) is 11.8 Å². The molecule has 2 aliphatic heterocycles. The molecule has 0 bridgehead atoms. The van der Waals surface area contributed by atoms with E-state index in [-0.39, 0.29) is 0 Å². The summed E-state index contributed by atoms with van der Waals surface area (Å²) >= 11 is 0. The molecule has 2 N–H and O–H groups in total. The predicted molar refractivity (Wildman–Crippen MR) is 113 cm³/mol. The lowest BCUT2D eigenvalue weighted by molar-refractivity contribution is -0.137. The van der Waals surface area contributed by atoms with Gasteiger partial charge < -0.3 is 9.64 Å². The predicted octanol–water partition coefficient (Wildman–Crippen LogP) is 1.82. The van der Waals surface area contributed by atoms with Crippen molar-refractivity contribution in [3.05, 3.63) is 66.6 Å². The third kappa shape index (κ3) is 3.45. The molecule has 1 aromatic carbocycles. The lowest BCUT2D eigenvalue weighted by Gasteiger charge is -2.38. The van der Waals surface area contributed by atoms with Crippen LogP contribution in [0, 0.1) is 0 Å². The van der Waals surface area contributed by atoms with Crippen molar-refractivity contribution in [3.8, 4) is 11.6 Å². The number of nitrogens with zero attached hydrogens (tertiary/aromatic N) is 4. The monoisotopic (exact) mass is 432 g/mol. The van der Waals surface area contributed by atoms with Gasteiger partial charge in [-0.05, 0) is 42.7 Å². The van der Waals surface area contributed by atoms with E-state index in [1.54, 1.807) is 29.4 Å². The van der Waals surface area contributed by atoms with Crippen molar-refractivity contribution >= 4 is 23.5 Å². The number of hydrogen-bond donors (Lipinski definition) is 2. The molecule has 0 atom stereocenters. The van der Waals surface area contributed by atoms with Gasteiger partial charge in [0.1, 0.15) is 5.75 Å². The number of anilines is 1. The number of ether oxygens (including phenoxy) is 1. The normalized spacial score (nSPS) is 17.4. The SMILES string of the molecule is O=C1NC(=O)C2(CCCN2c2ccc(Oc3ccc(Cn4cccn4)cc3)nc2)C(=O)N1. The zero-order valence-corrected chi connectivity index (χ0v) is 17.0. The van der Waals surface area contributed by atoms with Crippen molar-refractivity contribution in [1.29, 1.82) is 0 Å². The molecule has 0 unspecified atom stereocenters. The first-order valence-corrected chi connectivity index (χ1v) is 10.2. The van der Waals surface area contributed by atoms with Crippen molar-refractivity contribution in [2.24, 2.45) is 0 Å². The third-order valence-electron chi connectivity index (χ3n) is 5.67. The molecule has 2 fully saturated rings. The van der Waals surface area contributed by atoms with Crippen LogP contribution < -0.4 is 20.3 Å². The van der Waals surface area contributed by atoms with Gasteiger partial charge in [0, 0.05) is 25.0 Å². The Morgan fingerprint density at radius 2 is 1.81 bits per heavy atom. The van der Waals surface area contributed by atoms with E-state index in [9.17, 15) is 14.4 Å². The van der Waals surface area contributed by atoms with Crippen LogP contribution in [0.3, 0.4) is 0 Å². The smallest absolute Gasteiger partial charge is 0.328 e. The van der Waals surface area contributed by atoms with Crippen molar-refractivity contribution in [2.45, 2.75) is 24.9 Å². The molecule has 10 nitrogen and oxygen atoms in total. The van der Waals surface area contributed by atoms with Crippen LogP contribution in [0.1, 0.15) is 18.4 Å². The number of pyridine rings is 1. The summed E-state index contributed by atoms with van der Waals surface area (Å²) in [6.45, 7) is 1.17. The minimum atomic E-state index is -1.44. The highest BCUT2D eigenvalue weighted by Crippen LogP contribution is 2.36. The van der Waals surface area contributed by atoms with Gasteiger partial charge in [0.05, 0.1) is 18.4 Å². The summed E-state index contributed by atoms with van der Waals surface area (Å²) in [5.74, 6) is -0.204. The van der Waals surface area contributed by atoms with Gasteiger partial charge in [-0.25, -0.2) is 9.78 Å². The fraction of sp³-hybridized carbons (Fsp3) is 0.227. The summed E-state index contributed by atoms with van der Waals surface area (Å²) in [5, 5.41) is 8.60. The number of barbiturate groups is 1. The van der Waals surface area contributed by atoms with Crippen LogP contribution in [0.5, 0.6) is 11.6 Å². The van der Waals surface area contributed by atoms with Crippen LogP contribution in [0.4, 0.5) is 10.5 Å². The first kappa shape index (κ1) is 19.7. The number of rotatable bonds is 5. The van der Waals surface area contributed by atoms with Gasteiger partial charge in [-0.2, -0.15) is 5.10 Å². The van der Waals surface area contributed by atoms with Gasteiger partial charge in [-0.1, -0.05) is 12.1 Å². The maximum Gasteiger partial charge on any atom is 0.328 e. The number of amides is 4. The summed E-state index contributed by atoms with van der Waals surface area (Å²) in [7, 11) is 0. The van der Waals surface area contributed by atoms with Gasteiger partial charge in [-0.3, -0.25) is 24.9 Å². The number of urea groups is 1. The molecule has 5 rings (SSSR count). The fourth-order valence-electron chi connectivity index (χ4n) is 4.15. The molecule has 2 aromatic heterocycles. The highest BCUT2D eigenvalue weighted by Gasteiger charge is 2.57. The molecule has 4 heterocycles. The van der Waals surface area contributed by atoms with Gasteiger partial charge in [0.15, 0.2) is 5.54 Å². The van der Waals surface area contributed by atoms with Crippen LogP contribution in [0.15, 0.2) is 61.1 Å². The van der Waals surface area contributed by atoms with Gasteiger partial charge >= 0.3 is 6.03 Å². The summed E-state index contributed by atoms with van der Waals surface area (Å²) in [4.78, 5) is 42.6. The number of imide groups is 2. The molecule has 0 aliphatic carbocycles. The second kappa shape index (κ2) is 7.80. The van der Waals surface area contributed by atoms with E-state index < -0.39 is 23.4 Å². The molecule has 0 saturated carbocycles. The molecule has 1 spiro atoms. The Bertz CT molecular complexity index is 1140. The van der Waals surface area contributed by atoms with E-state index in [4.69, 9.17) is 4.74 Å². The average molecular weight is 432 g/mol. The summed E-state index contributed by atoms with van der Waals surface area (Å²) < 4.78 is 7.66. The highest BCUT2D eigenvalue weighted by atomic mass is 16.5. The van der Waals surface area contributed by atoms with Crippen LogP contribution in [-0.2, 0) is 16.1 Å². The Morgan fingerprint density at radius 3 is 2.47 bits per heavy atom. The van der Waals surface area contributed by atoms with Crippen molar-refractivity contribution in [3.63, 3.8) is 0 Å². The van der Waals surface area contributed by atoms with Gasteiger partial charge in [0.2, 0.25) is 5.88 Å². The minimum Gasteiger partial charge on any atom is -0.439 e. The molecule has 0 radical (unpaired) electrons. The molecule has 3 aromatic rings. The third-order valence-corrected chi connectivity index (χ3v) is 5.67. The minimum absolute atomic E-state index is 0.321. The first-order chi connectivity index (χ1) is 15.5. The Balaban J connectivity index is 1.29. The zero-order valence-electron chi connectivity index (χ0n) is 17.0. The van der Waals surface area contributed by atoms with Crippen LogP contribution in [0.2, 0.25) is 0 Å². The second-order valence-electron chi connectivity index (χ2n) is 7.66. The van der Waals surface area contributed by atoms with E-state index in [1.165, 1.54) is 0 Å². The summed E-state index contributed by atoms with van der Waals surface area (Å²) in [6, 6.07) is 12.1. The van der Waals surface area contributed by atoms with Crippen molar-refractivity contribution < 1.29 is 19.1 Å².